The molecule has 6 heteroatoms. The standard InChI is InChI=1S/C18H27N3O2.ClH/c1-3-11-18(2,19)17(23)21-12-9-14(10-13-21)16(22)20-15-7-5-4-6-8-15;/h4-8,14H,3,9-13,19H2,1-2H3,(H,20,22);1H. The van der Waals surface area contributed by atoms with Crippen LogP contribution in [0.25, 0.3) is 0 Å². The molecular weight excluding hydrogens is 326 g/mol. The minimum atomic E-state index is -0.798. The van der Waals surface area contributed by atoms with E-state index in [4.69, 9.17) is 5.73 Å². The van der Waals surface area contributed by atoms with E-state index in [1.165, 1.54) is 0 Å². The van der Waals surface area contributed by atoms with Crippen LogP contribution in [-0.4, -0.2) is 35.3 Å². The monoisotopic (exact) mass is 353 g/mol. The normalized spacial score (nSPS) is 17.5. The van der Waals surface area contributed by atoms with Gasteiger partial charge in [-0.1, -0.05) is 31.5 Å². The Morgan fingerprint density at radius 2 is 1.83 bits per heavy atom. The first-order valence-electron chi connectivity index (χ1n) is 8.38. The molecule has 3 N–H and O–H groups in total. The lowest BCUT2D eigenvalue weighted by Crippen LogP contribution is -2.55. The van der Waals surface area contributed by atoms with Crippen LogP contribution in [0.1, 0.15) is 39.5 Å². The molecule has 1 aromatic rings. The molecule has 1 aliphatic heterocycles. The summed E-state index contributed by atoms with van der Waals surface area (Å²) in [7, 11) is 0. The third-order valence-electron chi connectivity index (χ3n) is 4.45. The molecule has 1 unspecified atom stereocenters. The lowest BCUT2D eigenvalue weighted by Gasteiger charge is -2.36. The first kappa shape index (κ1) is 20.5. The van der Waals surface area contributed by atoms with Gasteiger partial charge in [0.15, 0.2) is 0 Å². The minimum absolute atomic E-state index is 0. The van der Waals surface area contributed by atoms with Crippen LogP contribution in [-0.2, 0) is 9.59 Å². The molecular formula is C18H28ClN3O2. The van der Waals surface area contributed by atoms with E-state index in [1.807, 2.05) is 42.2 Å². The molecule has 0 spiro atoms. The van der Waals surface area contributed by atoms with Crippen molar-refractivity contribution in [3.63, 3.8) is 0 Å². The SMILES string of the molecule is CCCC(C)(N)C(=O)N1CCC(C(=O)Nc2ccccc2)CC1.Cl. The number of likely N-dealkylation sites (tertiary alicyclic amines) is 1. The van der Waals surface area contributed by atoms with Gasteiger partial charge in [0.1, 0.15) is 0 Å². The average Bonchev–Trinajstić information content (AvgIpc) is 2.55. The predicted octanol–water partition coefficient (Wildman–Crippen LogP) is 2.80. The molecule has 0 radical (unpaired) electrons. The number of nitrogens with one attached hydrogen (secondary N) is 1. The maximum absolute atomic E-state index is 12.5. The Kier molecular flexibility index (Phi) is 7.70. The van der Waals surface area contributed by atoms with Crippen LogP contribution in [0.2, 0.25) is 0 Å². The van der Waals surface area contributed by atoms with Crippen LogP contribution in [0, 0.1) is 5.92 Å². The van der Waals surface area contributed by atoms with Crippen molar-refractivity contribution in [2.75, 3.05) is 18.4 Å². The molecule has 2 amide bonds. The van der Waals surface area contributed by atoms with E-state index in [9.17, 15) is 9.59 Å². The third-order valence-corrected chi connectivity index (χ3v) is 4.45. The van der Waals surface area contributed by atoms with Crippen LogP contribution in [0.4, 0.5) is 5.69 Å². The molecule has 2 rings (SSSR count). The number of para-hydroxylation sites is 1. The number of nitrogens with zero attached hydrogens (tertiary/aromatic N) is 1. The molecule has 0 saturated carbocycles. The van der Waals surface area contributed by atoms with E-state index in [0.29, 0.717) is 32.4 Å². The smallest absolute Gasteiger partial charge is 0.242 e. The van der Waals surface area contributed by atoms with Gasteiger partial charge in [0.2, 0.25) is 11.8 Å². The van der Waals surface area contributed by atoms with Gasteiger partial charge in [-0.15, -0.1) is 12.4 Å². The molecule has 0 aromatic heterocycles. The molecule has 1 fully saturated rings. The summed E-state index contributed by atoms with van der Waals surface area (Å²) >= 11 is 0. The highest BCUT2D eigenvalue weighted by Gasteiger charge is 2.35. The number of nitrogens with two attached hydrogens (primary N) is 1. The number of hydrogen-bond donors (Lipinski definition) is 2. The molecule has 1 heterocycles. The van der Waals surface area contributed by atoms with E-state index >= 15 is 0 Å². The van der Waals surface area contributed by atoms with Crippen LogP contribution in [0.3, 0.4) is 0 Å². The summed E-state index contributed by atoms with van der Waals surface area (Å²) in [6.45, 7) is 5.02. The number of anilines is 1. The van der Waals surface area contributed by atoms with Gasteiger partial charge in [-0.3, -0.25) is 9.59 Å². The van der Waals surface area contributed by atoms with E-state index in [2.05, 4.69) is 5.32 Å². The van der Waals surface area contributed by atoms with Crippen LogP contribution in [0.15, 0.2) is 30.3 Å². The van der Waals surface area contributed by atoms with Gasteiger partial charge in [-0.2, -0.15) is 0 Å². The van der Waals surface area contributed by atoms with E-state index in [1.54, 1.807) is 6.92 Å². The summed E-state index contributed by atoms with van der Waals surface area (Å²) in [4.78, 5) is 26.6. The van der Waals surface area contributed by atoms with Gasteiger partial charge in [-0.25, -0.2) is 0 Å². The first-order chi connectivity index (χ1) is 10.9. The Balaban J connectivity index is 0.00000288. The van der Waals surface area contributed by atoms with Gasteiger partial charge < -0.3 is 16.0 Å². The van der Waals surface area contributed by atoms with Crippen molar-refractivity contribution in [3.05, 3.63) is 30.3 Å². The van der Waals surface area contributed by atoms with E-state index in [-0.39, 0.29) is 30.1 Å². The molecule has 1 aromatic carbocycles. The number of benzene rings is 1. The number of rotatable bonds is 5. The molecule has 24 heavy (non-hydrogen) atoms. The number of carbonyl (C=O) groups is 2. The Bertz CT molecular complexity index is 540. The van der Waals surface area contributed by atoms with Gasteiger partial charge in [0, 0.05) is 24.7 Å². The van der Waals surface area contributed by atoms with Crippen LogP contribution in [0.5, 0.6) is 0 Å². The Labute approximate surface area is 150 Å². The summed E-state index contributed by atoms with van der Waals surface area (Å²) in [6, 6.07) is 9.46. The molecule has 134 valence electrons. The summed E-state index contributed by atoms with van der Waals surface area (Å²) < 4.78 is 0. The number of piperidine rings is 1. The Morgan fingerprint density at radius 3 is 2.38 bits per heavy atom. The molecule has 0 bridgehead atoms. The summed E-state index contributed by atoms with van der Waals surface area (Å²) in [5.74, 6) is -0.0110. The number of amides is 2. The number of halogens is 1. The first-order valence-corrected chi connectivity index (χ1v) is 8.38. The average molecular weight is 354 g/mol. The van der Waals surface area contributed by atoms with Crippen molar-refractivity contribution in [1.82, 2.24) is 4.90 Å². The van der Waals surface area contributed by atoms with Gasteiger partial charge in [0.25, 0.3) is 0 Å². The minimum Gasteiger partial charge on any atom is -0.341 e. The molecule has 1 saturated heterocycles. The van der Waals surface area contributed by atoms with Crippen molar-refractivity contribution in [2.24, 2.45) is 11.7 Å². The summed E-state index contributed by atoms with van der Waals surface area (Å²) in [5, 5.41) is 2.94. The fraction of sp³-hybridized carbons (Fsp3) is 0.556. The zero-order chi connectivity index (χ0) is 16.9. The highest BCUT2D eigenvalue weighted by atomic mass is 35.5. The molecule has 1 aliphatic rings. The zero-order valence-corrected chi connectivity index (χ0v) is 15.3. The van der Waals surface area contributed by atoms with Gasteiger partial charge >= 0.3 is 0 Å². The van der Waals surface area contributed by atoms with Gasteiger partial charge in [-0.05, 0) is 38.3 Å². The fourth-order valence-electron chi connectivity index (χ4n) is 3.10. The maximum atomic E-state index is 12.5. The second kappa shape index (κ2) is 9.04. The van der Waals surface area contributed by atoms with Gasteiger partial charge in [0.05, 0.1) is 5.54 Å². The summed E-state index contributed by atoms with van der Waals surface area (Å²) in [6.07, 6.45) is 2.94. The van der Waals surface area contributed by atoms with Crippen molar-refractivity contribution in [3.8, 4) is 0 Å². The number of carbonyl (C=O) groups excluding carboxylic acids is 2. The molecule has 0 aliphatic carbocycles. The van der Waals surface area contributed by atoms with Crippen LogP contribution < -0.4 is 11.1 Å². The van der Waals surface area contributed by atoms with Crippen LogP contribution >= 0.6 is 12.4 Å². The highest BCUT2D eigenvalue weighted by Crippen LogP contribution is 2.22. The molecule has 5 nitrogen and oxygen atoms in total. The lowest BCUT2D eigenvalue weighted by molar-refractivity contribution is -0.139. The lowest BCUT2D eigenvalue weighted by atomic mass is 9.91. The number of hydrogen-bond acceptors (Lipinski definition) is 3. The van der Waals surface area contributed by atoms with E-state index in [0.717, 1.165) is 12.1 Å². The maximum Gasteiger partial charge on any atom is 0.242 e. The van der Waals surface area contributed by atoms with E-state index < -0.39 is 5.54 Å². The largest absolute Gasteiger partial charge is 0.341 e. The second-order valence-corrected chi connectivity index (χ2v) is 6.59. The summed E-state index contributed by atoms with van der Waals surface area (Å²) in [5.41, 5.74) is 6.14. The van der Waals surface area contributed by atoms with Crippen molar-refractivity contribution in [2.45, 2.75) is 45.1 Å². The third kappa shape index (κ3) is 5.21. The molecule has 1 atom stereocenters. The predicted molar refractivity (Wildman–Crippen MR) is 99.1 cm³/mol. The van der Waals surface area contributed by atoms with Crippen molar-refractivity contribution in [1.29, 1.82) is 0 Å². The fourth-order valence-corrected chi connectivity index (χ4v) is 3.10. The zero-order valence-electron chi connectivity index (χ0n) is 14.5. The second-order valence-electron chi connectivity index (χ2n) is 6.59. The quantitative estimate of drug-likeness (QED) is 0.854. The Morgan fingerprint density at radius 1 is 1.25 bits per heavy atom. The van der Waals surface area contributed by atoms with Crippen molar-refractivity contribution < 1.29 is 9.59 Å². The Hall–Kier alpha value is -1.59. The van der Waals surface area contributed by atoms with Crippen molar-refractivity contribution >= 4 is 29.9 Å². The highest BCUT2D eigenvalue weighted by molar-refractivity contribution is 5.93. The topological polar surface area (TPSA) is 75.4 Å².